The summed E-state index contributed by atoms with van der Waals surface area (Å²) >= 11 is 0. The molecule has 2 aliphatic rings. The van der Waals surface area contributed by atoms with Gasteiger partial charge in [-0.05, 0) is 43.4 Å². The van der Waals surface area contributed by atoms with Gasteiger partial charge in [-0.1, -0.05) is 44.6 Å². The third kappa shape index (κ3) is 7.41. The molecule has 0 spiro atoms. The minimum atomic E-state index is 0.0238. The van der Waals surface area contributed by atoms with Crippen molar-refractivity contribution < 1.29 is 23.7 Å². The predicted octanol–water partition coefficient (Wildman–Crippen LogP) is 5.01. The molecule has 0 bridgehead atoms. The molecule has 150 valence electrons. The molecule has 1 aliphatic heterocycles. The first kappa shape index (κ1) is 20.0. The van der Waals surface area contributed by atoms with E-state index in [9.17, 15) is 4.79 Å². The van der Waals surface area contributed by atoms with Crippen LogP contribution in [0.2, 0.25) is 0 Å². The maximum atomic E-state index is 11.4. The van der Waals surface area contributed by atoms with Crippen molar-refractivity contribution in [2.75, 3.05) is 20.0 Å². The van der Waals surface area contributed by atoms with Gasteiger partial charge in [-0.25, -0.2) is 0 Å². The number of unbranched alkanes of at least 4 members (excludes halogenated alkanes) is 7. The summed E-state index contributed by atoms with van der Waals surface area (Å²) in [5, 5.41) is 0. The van der Waals surface area contributed by atoms with Crippen LogP contribution in [0.4, 0.5) is 0 Å². The second-order valence-corrected chi connectivity index (χ2v) is 7.51. The zero-order chi connectivity index (χ0) is 18.7. The molecule has 0 aromatic heterocycles. The molecular weight excluding hydrogens is 344 g/mol. The van der Waals surface area contributed by atoms with Crippen LogP contribution in [0.15, 0.2) is 18.2 Å². The lowest BCUT2D eigenvalue weighted by atomic mass is 10.1. The minimum absolute atomic E-state index is 0.0238. The zero-order valence-corrected chi connectivity index (χ0v) is 16.3. The molecule has 1 heterocycles. The third-order valence-electron chi connectivity index (χ3n) is 5.04. The van der Waals surface area contributed by atoms with Crippen molar-refractivity contribution >= 4 is 5.97 Å². The van der Waals surface area contributed by atoms with Crippen molar-refractivity contribution in [1.82, 2.24) is 0 Å². The van der Waals surface area contributed by atoms with Crippen molar-refractivity contribution in [3.05, 3.63) is 23.8 Å². The molecule has 1 aliphatic carbocycles. The quantitative estimate of drug-likeness (QED) is 0.338. The van der Waals surface area contributed by atoms with Gasteiger partial charge >= 0.3 is 5.97 Å². The second-order valence-electron chi connectivity index (χ2n) is 7.51. The number of esters is 1. The van der Waals surface area contributed by atoms with Crippen LogP contribution in [-0.4, -0.2) is 26.0 Å². The van der Waals surface area contributed by atoms with Gasteiger partial charge in [-0.2, -0.15) is 0 Å². The predicted molar refractivity (Wildman–Crippen MR) is 103 cm³/mol. The molecule has 0 saturated heterocycles. The molecular formula is C22H32O5. The smallest absolute Gasteiger partial charge is 0.308 e. The van der Waals surface area contributed by atoms with Crippen LogP contribution in [0.3, 0.4) is 0 Å². The highest BCUT2D eigenvalue weighted by Crippen LogP contribution is 2.32. The number of carbonyl (C=O) groups is 1. The first-order chi connectivity index (χ1) is 13.3. The fourth-order valence-corrected chi connectivity index (χ4v) is 3.20. The van der Waals surface area contributed by atoms with E-state index >= 15 is 0 Å². The van der Waals surface area contributed by atoms with E-state index in [4.69, 9.17) is 18.9 Å². The zero-order valence-electron chi connectivity index (χ0n) is 16.3. The van der Waals surface area contributed by atoms with Gasteiger partial charge in [0.2, 0.25) is 6.79 Å². The summed E-state index contributed by atoms with van der Waals surface area (Å²) in [6.07, 6.45) is 11.6. The number of rotatable bonds is 14. The molecule has 0 radical (unpaired) electrons. The molecule has 27 heavy (non-hydrogen) atoms. The van der Waals surface area contributed by atoms with Gasteiger partial charge in [0.05, 0.1) is 19.1 Å². The Kier molecular flexibility index (Phi) is 8.28. The highest BCUT2D eigenvalue weighted by Gasteiger charge is 2.30. The summed E-state index contributed by atoms with van der Waals surface area (Å²) in [6.45, 7) is 2.35. The van der Waals surface area contributed by atoms with Crippen molar-refractivity contribution in [1.29, 1.82) is 0 Å². The van der Waals surface area contributed by atoms with Gasteiger partial charge < -0.3 is 18.9 Å². The topological polar surface area (TPSA) is 54.0 Å². The Hall–Kier alpha value is -1.75. The van der Waals surface area contributed by atoms with Crippen LogP contribution in [-0.2, 0) is 20.9 Å². The van der Waals surface area contributed by atoms with Gasteiger partial charge in [-0.15, -0.1) is 0 Å². The third-order valence-corrected chi connectivity index (χ3v) is 5.04. The van der Waals surface area contributed by atoms with Crippen molar-refractivity contribution in [3.63, 3.8) is 0 Å². The Labute approximate surface area is 162 Å². The summed E-state index contributed by atoms with van der Waals surface area (Å²) in [7, 11) is 0. The highest BCUT2D eigenvalue weighted by atomic mass is 16.7. The number of hydrogen-bond donors (Lipinski definition) is 0. The van der Waals surface area contributed by atoms with Crippen molar-refractivity contribution in [3.8, 4) is 11.5 Å². The maximum absolute atomic E-state index is 11.4. The monoisotopic (exact) mass is 376 g/mol. The van der Waals surface area contributed by atoms with Crippen LogP contribution in [0.5, 0.6) is 11.5 Å². The molecule has 1 saturated carbocycles. The SMILES string of the molecule is O=C(OCCCCCCCCCCOCc1ccc2c(c1)OCO2)C1CC1. The van der Waals surface area contributed by atoms with E-state index < -0.39 is 0 Å². The number of carbonyl (C=O) groups excluding carboxylic acids is 1. The summed E-state index contributed by atoms with van der Waals surface area (Å²) in [6, 6.07) is 5.97. The minimum Gasteiger partial charge on any atom is -0.465 e. The Morgan fingerprint density at radius 1 is 0.889 bits per heavy atom. The molecule has 1 aromatic rings. The number of hydrogen-bond acceptors (Lipinski definition) is 5. The normalized spacial score (nSPS) is 15.1. The summed E-state index contributed by atoms with van der Waals surface area (Å²) in [5.74, 6) is 1.89. The Morgan fingerprint density at radius 3 is 2.30 bits per heavy atom. The first-order valence-corrected chi connectivity index (χ1v) is 10.5. The average molecular weight is 376 g/mol. The largest absolute Gasteiger partial charge is 0.465 e. The van der Waals surface area contributed by atoms with E-state index in [2.05, 4.69) is 0 Å². The van der Waals surface area contributed by atoms with Crippen molar-refractivity contribution in [2.45, 2.75) is 70.8 Å². The first-order valence-electron chi connectivity index (χ1n) is 10.5. The fourth-order valence-electron chi connectivity index (χ4n) is 3.20. The van der Waals surface area contributed by atoms with Crippen LogP contribution < -0.4 is 9.47 Å². The standard InChI is InChI=1S/C22H32O5/c23-22(19-10-11-19)25-14-8-6-4-2-1-3-5-7-13-24-16-18-9-12-20-21(15-18)27-17-26-20/h9,12,15,19H,1-8,10-11,13-14,16-17H2. The fraction of sp³-hybridized carbons (Fsp3) is 0.682. The van der Waals surface area contributed by atoms with Crippen LogP contribution in [0.25, 0.3) is 0 Å². The van der Waals surface area contributed by atoms with E-state index in [-0.39, 0.29) is 11.9 Å². The maximum Gasteiger partial charge on any atom is 0.308 e. The average Bonchev–Trinajstić information content (AvgIpc) is 3.43. The van der Waals surface area contributed by atoms with Crippen LogP contribution in [0.1, 0.15) is 69.8 Å². The van der Waals surface area contributed by atoms with Crippen LogP contribution in [0, 0.1) is 5.92 Å². The summed E-state index contributed by atoms with van der Waals surface area (Å²) in [5.41, 5.74) is 1.13. The molecule has 5 heteroatoms. The lowest BCUT2D eigenvalue weighted by Crippen LogP contribution is -2.07. The van der Waals surface area contributed by atoms with Gasteiger partial charge in [0.25, 0.3) is 0 Å². The lowest BCUT2D eigenvalue weighted by Gasteiger charge is -2.06. The van der Waals surface area contributed by atoms with Crippen LogP contribution >= 0.6 is 0 Å². The molecule has 0 unspecified atom stereocenters. The molecule has 1 aromatic carbocycles. The van der Waals surface area contributed by atoms with E-state index in [1.807, 2.05) is 18.2 Å². The number of fused-ring (bicyclic) bond motifs is 1. The highest BCUT2D eigenvalue weighted by molar-refractivity contribution is 5.74. The molecule has 1 fully saturated rings. The van der Waals surface area contributed by atoms with E-state index in [1.165, 1.54) is 32.1 Å². The number of ether oxygens (including phenoxy) is 4. The van der Waals surface area contributed by atoms with E-state index in [0.29, 0.717) is 20.0 Å². The molecule has 3 rings (SSSR count). The summed E-state index contributed by atoms with van der Waals surface area (Å²) in [4.78, 5) is 11.4. The van der Waals surface area contributed by atoms with E-state index in [0.717, 1.165) is 55.8 Å². The Morgan fingerprint density at radius 2 is 1.56 bits per heavy atom. The Balaban J connectivity index is 1.07. The molecule has 0 atom stereocenters. The lowest BCUT2D eigenvalue weighted by molar-refractivity contribution is -0.145. The number of benzene rings is 1. The van der Waals surface area contributed by atoms with Gasteiger partial charge in [-0.3, -0.25) is 4.79 Å². The van der Waals surface area contributed by atoms with Crippen molar-refractivity contribution in [2.24, 2.45) is 5.92 Å². The van der Waals surface area contributed by atoms with Gasteiger partial charge in [0.15, 0.2) is 11.5 Å². The molecule has 5 nitrogen and oxygen atoms in total. The second kappa shape index (κ2) is 11.2. The van der Waals surface area contributed by atoms with Gasteiger partial charge in [0, 0.05) is 6.61 Å². The van der Waals surface area contributed by atoms with E-state index in [1.54, 1.807) is 0 Å². The summed E-state index contributed by atoms with van der Waals surface area (Å²) < 4.78 is 21.7. The van der Waals surface area contributed by atoms with Gasteiger partial charge in [0.1, 0.15) is 0 Å². The Bertz CT molecular complexity index is 582. The molecule has 0 N–H and O–H groups in total. The molecule has 0 amide bonds.